The lowest BCUT2D eigenvalue weighted by molar-refractivity contribution is -0.121. The van der Waals surface area contributed by atoms with Crippen molar-refractivity contribution in [2.75, 3.05) is 18.0 Å². The van der Waals surface area contributed by atoms with Crippen molar-refractivity contribution in [3.8, 4) is 0 Å². The number of benzene rings is 2. The molecule has 0 radical (unpaired) electrons. The second-order valence-corrected chi connectivity index (χ2v) is 9.08. The fourth-order valence-electron chi connectivity index (χ4n) is 3.76. The summed E-state index contributed by atoms with van der Waals surface area (Å²) < 4.78 is 41.2. The summed E-state index contributed by atoms with van der Waals surface area (Å²) in [7, 11) is -4.03. The first kappa shape index (κ1) is 18.4. The molecule has 2 aliphatic rings. The van der Waals surface area contributed by atoms with Crippen molar-refractivity contribution in [3.63, 3.8) is 0 Å². The minimum atomic E-state index is -4.03. The van der Waals surface area contributed by atoms with E-state index in [9.17, 15) is 17.6 Å². The van der Waals surface area contributed by atoms with E-state index in [4.69, 9.17) is 11.6 Å². The molecule has 1 saturated heterocycles. The van der Waals surface area contributed by atoms with Crippen LogP contribution in [0.4, 0.5) is 10.1 Å². The summed E-state index contributed by atoms with van der Waals surface area (Å²) in [5.41, 5.74) is 1.80. The van der Waals surface area contributed by atoms with Crippen molar-refractivity contribution in [2.45, 2.75) is 30.0 Å². The van der Waals surface area contributed by atoms with Crippen molar-refractivity contribution in [2.24, 2.45) is 0 Å². The van der Waals surface area contributed by atoms with E-state index in [2.05, 4.69) is 0 Å². The van der Waals surface area contributed by atoms with Crippen LogP contribution in [0.5, 0.6) is 0 Å². The lowest BCUT2D eigenvalue weighted by Gasteiger charge is -2.27. The van der Waals surface area contributed by atoms with Gasteiger partial charge in [0.15, 0.2) is 0 Å². The zero-order valence-electron chi connectivity index (χ0n) is 14.4. The van der Waals surface area contributed by atoms with Gasteiger partial charge in [-0.25, -0.2) is 12.8 Å². The number of fused-ring (bicyclic) bond motifs is 1. The van der Waals surface area contributed by atoms with Crippen molar-refractivity contribution in [1.29, 1.82) is 0 Å². The Morgan fingerprint density at radius 2 is 1.93 bits per heavy atom. The molecule has 0 spiro atoms. The summed E-state index contributed by atoms with van der Waals surface area (Å²) in [4.78, 5) is 14.7. The van der Waals surface area contributed by atoms with Crippen LogP contribution in [0, 0.1) is 0 Å². The number of sulfonamides is 1. The molecule has 27 heavy (non-hydrogen) atoms. The second kappa shape index (κ2) is 6.89. The van der Waals surface area contributed by atoms with Crippen LogP contribution in [0.15, 0.2) is 53.4 Å². The van der Waals surface area contributed by atoms with E-state index in [1.807, 2.05) is 24.3 Å². The van der Waals surface area contributed by atoms with Gasteiger partial charge in [-0.05, 0) is 36.2 Å². The highest BCUT2D eigenvalue weighted by atomic mass is 35.5. The Kier molecular flexibility index (Phi) is 4.70. The molecule has 4 rings (SSSR count). The van der Waals surface area contributed by atoms with Crippen LogP contribution < -0.4 is 4.90 Å². The molecule has 2 heterocycles. The molecule has 5 nitrogen and oxygen atoms in total. The molecule has 2 atom stereocenters. The maximum atomic E-state index is 14.2. The van der Waals surface area contributed by atoms with E-state index in [-0.39, 0.29) is 28.8 Å². The maximum absolute atomic E-state index is 14.2. The van der Waals surface area contributed by atoms with Gasteiger partial charge in [-0.2, -0.15) is 4.31 Å². The fourth-order valence-corrected chi connectivity index (χ4v) is 5.68. The molecule has 0 unspecified atom stereocenters. The zero-order valence-corrected chi connectivity index (χ0v) is 16.0. The Morgan fingerprint density at radius 3 is 2.70 bits per heavy atom. The van der Waals surface area contributed by atoms with E-state index in [0.29, 0.717) is 13.0 Å². The van der Waals surface area contributed by atoms with Gasteiger partial charge in [0.2, 0.25) is 15.9 Å². The van der Waals surface area contributed by atoms with E-state index >= 15 is 0 Å². The van der Waals surface area contributed by atoms with Crippen LogP contribution in [0.25, 0.3) is 0 Å². The quantitative estimate of drug-likeness (QED) is 0.784. The average Bonchev–Trinajstić information content (AvgIpc) is 3.25. The van der Waals surface area contributed by atoms with Crippen LogP contribution in [0.2, 0.25) is 5.02 Å². The third-order valence-electron chi connectivity index (χ3n) is 5.05. The molecular formula is C19H18ClFN2O3S. The minimum absolute atomic E-state index is 0.0382. The summed E-state index contributed by atoms with van der Waals surface area (Å²) in [5.74, 6) is -0.384. The highest BCUT2D eigenvalue weighted by Crippen LogP contribution is 2.34. The van der Waals surface area contributed by atoms with Gasteiger partial charge in [0, 0.05) is 30.2 Å². The normalized spacial score (nSPS) is 22.8. The van der Waals surface area contributed by atoms with E-state index in [1.165, 1.54) is 18.2 Å². The van der Waals surface area contributed by atoms with Crippen molar-refractivity contribution in [3.05, 3.63) is 59.1 Å². The van der Waals surface area contributed by atoms with Gasteiger partial charge in [-0.3, -0.25) is 4.79 Å². The third kappa shape index (κ3) is 3.24. The Hall–Kier alpha value is -1.96. The van der Waals surface area contributed by atoms with Gasteiger partial charge in [-0.1, -0.05) is 35.9 Å². The number of halogens is 2. The Labute approximate surface area is 162 Å². The Morgan fingerprint density at radius 1 is 1.15 bits per heavy atom. The predicted molar refractivity (Wildman–Crippen MR) is 101 cm³/mol. The Balaban J connectivity index is 1.67. The van der Waals surface area contributed by atoms with Gasteiger partial charge < -0.3 is 4.90 Å². The van der Waals surface area contributed by atoms with E-state index in [1.54, 1.807) is 11.0 Å². The van der Waals surface area contributed by atoms with Gasteiger partial charge in [0.05, 0.1) is 4.90 Å². The first-order chi connectivity index (χ1) is 12.9. The van der Waals surface area contributed by atoms with Crippen molar-refractivity contribution < 1.29 is 17.6 Å². The molecule has 0 bridgehead atoms. The van der Waals surface area contributed by atoms with Crippen LogP contribution in [0.1, 0.15) is 12.0 Å². The largest absolute Gasteiger partial charge is 0.310 e. The molecule has 0 N–H and O–H groups in total. The molecule has 142 valence electrons. The van der Waals surface area contributed by atoms with Crippen molar-refractivity contribution in [1.82, 2.24) is 4.31 Å². The smallest absolute Gasteiger partial charge is 0.245 e. The molecular weight excluding hydrogens is 391 g/mol. The number of carbonyl (C=O) groups is 1. The molecule has 0 saturated carbocycles. The lowest BCUT2D eigenvalue weighted by atomic mass is 10.1. The summed E-state index contributed by atoms with van der Waals surface area (Å²) in [5, 5.41) is 0.267. The van der Waals surface area contributed by atoms with Crippen LogP contribution in [-0.2, 0) is 21.2 Å². The summed E-state index contributed by atoms with van der Waals surface area (Å²) in [6.45, 7) is 0.136. The van der Waals surface area contributed by atoms with Crippen LogP contribution in [0.3, 0.4) is 0 Å². The van der Waals surface area contributed by atoms with Crippen LogP contribution >= 0.6 is 11.6 Å². The summed E-state index contributed by atoms with van der Waals surface area (Å²) in [6.07, 6.45) is -0.822. The van der Waals surface area contributed by atoms with E-state index in [0.717, 1.165) is 15.6 Å². The maximum Gasteiger partial charge on any atom is 0.245 e. The van der Waals surface area contributed by atoms with E-state index < -0.39 is 22.2 Å². The number of anilines is 1. The highest BCUT2D eigenvalue weighted by Gasteiger charge is 2.46. The number of hydrogen-bond acceptors (Lipinski definition) is 3. The molecule has 2 aliphatic heterocycles. The molecule has 0 aliphatic carbocycles. The summed E-state index contributed by atoms with van der Waals surface area (Å²) >= 11 is 5.91. The third-order valence-corrected chi connectivity index (χ3v) is 7.15. The molecule has 1 amide bonds. The molecule has 1 fully saturated rings. The van der Waals surface area contributed by atoms with Gasteiger partial charge in [0.1, 0.15) is 12.2 Å². The number of para-hydroxylation sites is 1. The number of hydrogen-bond donors (Lipinski definition) is 0. The number of rotatable bonds is 3. The topological polar surface area (TPSA) is 57.7 Å². The van der Waals surface area contributed by atoms with Crippen LogP contribution in [-0.4, -0.2) is 43.9 Å². The molecule has 8 heteroatoms. The molecule has 2 aromatic rings. The summed E-state index contributed by atoms with van der Waals surface area (Å²) in [6, 6.07) is 12.2. The second-order valence-electron chi connectivity index (χ2n) is 6.75. The first-order valence-electron chi connectivity index (χ1n) is 8.68. The number of amides is 1. The average molecular weight is 409 g/mol. The lowest BCUT2D eigenvalue weighted by Crippen LogP contribution is -2.47. The highest BCUT2D eigenvalue weighted by molar-refractivity contribution is 7.89. The minimum Gasteiger partial charge on any atom is -0.310 e. The number of carbonyl (C=O) groups excluding carboxylic acids is 1. The van der Waals surface area contributed by atoms with Crippen molar-refractivity contribution >= 4 is 33.2 Å². The first-order valence-corrected chi connectivity index (χ1v) is 10.5. The number of alkyl halides is 1. The van der Waals surface area contributed by atoms with Gasteiger partial charge in [-0.15, -0.1) is 0 Å². The monoisotopic (exact) mass is 408 g/mol. The Bertz CT molecular complexity index is 998. The molecule has 0 aromatic heterocycles. The molecule has 2 aromatic carbocycles. The standard InChI is InChI=1S/C19H18ClFN2O3S/c20-14-5-3-6-16(10-14)27(25,26)23-12-15(21)11-18(23)19(24)22-9-8-13-4-1-2-7-17(13)22/h1-7,10,15,18H,8-9,11-12H2/t15-,18-/m0/s1. The number of nitrogens with zero attached hydrogens (tertiary/aromatic N) is 2. The van der Waals surface area contributed by atoms with Gasteiger partial charge in [0.25, 0.3) is 0 Å². The van der Waals surface area contributed by atoms with Gasteiger partial charge >= 0.3 is 0 Å². The zero-order chi connectivity index (χ0) is 19.2. The predicted octanol–water partition coefficient (Wildman–Crippen LogP) is 3.03. The SMILES string of the molecule is O=C([C@@H]1C[C@H](F)CN1S(=O)(=O)c1cccc(Cl)c1)N1CCc2ccccc21. The fraction of sp³-hybridized carbons (Fsp3) is 0.316.